The van der Waals surface area contributed by atoms with Crippen LogP contribution in [0.15, 0.2) is 24.3 Å². The van der Waals surface area contributed by atoms with Crippen LogP contribution in [-0.4, -0.2) is 44.1 Å². The van der Waals surface area contributed by atoms with Gasteiger partial charge in [0.1, 0.15) is 5.75 Å². The molecule has 0 aromatic heterocycles. The highest BCUT2D eigenvalue weighted by molar-refractivity contribution is 5.94. The Hall–Kier alpha value is -1.26. The number of halogens is 1. The molecule has 4 nitrogen and oxygen atoms in total. The van der Waals surface area contributed by atoms with E-state index in [-0.39, 0.29) is 18.3 Å². The topological polar surface area (TPSA) is 41.6 Å². The van der Waals surface area contributed by atoms with E-state index < -0.39 is 0 Å². The Kier molecular flexibility index (Phi) is 6.72. The number of benzene rings is 1. The summed E-state index contributed by atoms with van der Waals surface area (Å²) in [6.45, 7) is 3.59. The minimum atomic E-state index is 0. The Balaban J connectivity index is 0.00000192. The van der Waals surface area contributed by atoms with Gasteiger partial charge in [0.15, 0.2) is 0 Å². The second-order valence-electron chi connectivity index (χ2n) is 6.57. The molecule has 2 aliphatic rings. The molecule has 1 N–H and O–H groups in total. The fourth-order valence-corrected chi connectivity index (χ4v) is 3.00. The number of carbonyl (C=O) groups is 1. The first-order valence-electron chi connectivity index (χ1n) is 8.43. The van der Waals surface area contributed by atoms with Gasteiger partial charge in [-0.1, -0.05) is 0 Å². The van der Waals surface area contributed by atoms with Crippen molar-refractivity contribution in [2.24, 2.45) is 11.8 Å². The first-order valence-corrected chi connectivity index (χ1v) is 8.43. The molecule has 1 aliphatic carbocycles. The summed E-state index contributed by atoms with van der Waals surface area (Å²) in [5, 5.41) is 3.23. The predicted molar refractivity (Wildman–Crippen MR) is 94.5 cm³/mol. The number of ether oxygens (including phenoxy) is 1. The van der Waals surface area contributed by atoms with Gasteiger partial charge < -0.3 is 15.0 Å². The van der Waals surface area contributed by atoms with Crippen molar-refractivity contribution in [3.8, 4) is 5.75 Å². The first kappa shape index (κ1) is 18.1. The molecule has 1 aromatic carbocycles. The molecule has 1 aliphatic heterocycles. The zero-order valence-electron chi connectivity index (χ0n) is 13.8. The summed E-state index contributed by atoms with van der Waals surface area (Å²) in [6.07, 6.45) is 4.77. The zero-order valence-corrected chi connectivity index (χ0v) is 14.6. The molecule has 3 rings (SSSR count). The van der Waals surface area contributed by atoms with Crippen LogP contribution in [0.2, 0.25) is 0 Å². The highest BCUT2D eigenvalue weighted by atomic mass is 35.5. The fraction of sp³-hybridized carbons (Fsp3) is 0.611. The number of rotatable bonds is 6. The molecular formula is C18H27ClN2O2. The lowest BCUT2D eigenvalue weighted by Gasteiger charge is -2.32. The molecule has 0 radical (unpaired) electrons. The highest BCUT2D eigenvalue weighted by Crippen LogP contribution is 2.29. The smallest absolute Gasteiger partial charge is 0.253 e. The Bertz CT molecular complexity index is 494. The molecule has 0 spiro atoms. The quantitative estimate of drug-likeness (QED) is 0.867. The van der Waals surface area contributed by atoms with E-state index in [1.165, 1.54) is 12.8 Å². The van der Waals surface area contributed by atoms with E-state index in [0.717, 1.165) is 56.3 Å². The fourth-order valence-electron chi connectivity index (χ4n) is 3.00. The predicted octanol–water partition coefficient (Wildman–Crippen LogP) is 2.97. The molecule has 0 unspecified atom stereocenters. The molecule has 0 atom stereocenters. The van der Waals surface area contributed by atoms with Gasteiger partial charge >= 0.3 is 0 Å². The van der Waals surface area contributed by atoms with Crippen LogP contribution in [0.3, 0.4) is 0 Å². The minimum Gasteiger partial charge on any atom is -0.493 e. The largest absolute Gasteiger partial charge is 0.493 e. The molecule has 128 valence electrons. The second-order valence-corrected chi connectivity index (χ2v) is 6.57. The van der Waals surface area contributed by atoms with E-state index in [0.29, 0.717) is 5.92 Å². The number of hydrogen-bond donors (Lipinski definition) is 1. The highest BCUT2D eigenvalue weighted by Gasteiger charge is 2.24. The average molecular weight is 339 g/mol. The summed E-state index contributed by atoms with van der Waals surface area (Å²) in [6, 6.07) is 7.63. The number of nitrogens with zero attached hydrogens (tertiary/aromatic N) is 1. The maximum Gasteiger partial charge on any atom is 0.253 e. The third-order valence-electron chi connectivity index (χ3n) is 4.68. The number of amides is 1. The normalized spacial score (nSPS) is 18.4. The lowest BCUT2D eigenvalue weighted by Crippen LogP contribution is -2.40. The summed E-state index contributed by atoms with van der Waals surface area (Å²) in [4.78, 5) is 14.5. The number of nitrogens with one attached hydrogen (secondary N) is 1. The van der Waals surface area contributed by atoms with Gasteiger partial charge in [-0.15, -0.1) is 12.4 Å². The van der Waals surface area contributed by atoms with Crippen LogP contribution in [-0.2, 0) is 0 Å². The monoisotopic (exact) mass is 338 g/mol. The van der Waals surface area contributed by atoms with Crippen LogP contribution >= 0.6 is 12.4 Å². The van der Waals surface area contributed by atoms with E-state index >= 15 is 0 Å². The summed E-state index contributed by atoms with van der Waals surface area (Å²) >= 11 is 0. The number of hydrogen-bond acceptors (Lipinski definition) is 3. The maximum atomic E-state index is 12.5. The van der Waals surface area contributed by atoms with Crippen molar-refractivity contribution < 1.29 is 9.53 Å². The second kappa shape index (κ2) is 8.55. The third kappa shape index (κ3) is 5.11. The van der Waals surface area contributed by atoms with Gasteiger partial charge in [0.2, 0.25) is 0 Å². The summed E-state index contributed by atoms with van der Waals surface area (Å²) in [5.74, 6) is 2.47. The van der Waals surface area contributed by atoms with Gasteiger partial charge in [-0.25, -0.2) is 0 Å². The van der Waals surface area contributed by atoms with Crippen molar-refractivity contribution in [3.05, 3.63) is 29.8 Å². The molecule has 1 aromatic rings. The molecule has 1 saturated heterocycles. The van der Waals surface area contributed by atoms with Crippen LogP contribution in [0.25, 0.3) is 0 Å². The lowest BCUT2D eigenvalue weighted by atomic mass is 9.96. The Labute approximate surface area is 145 Å². The van der Waals surface area contributed by atoms with E-state index in [2.05, 4.69) is 5.32 Å². The molecule has 1 heterocycles. The molecule has 5 heteroatoms. The minimum absolute atomic E-state index is 0. The summed E-state index contributed by atoms with van der Waals surface area (Å²) in [5.41, 5.74) is 0.769. The van der Waals surface area contributed by atoms with Crippen LogP contribution in [0.4, 0.5) is 0 Å². The van der Waals surface area contributed by atoms with Crippen molar-refractivity contribution in [2.75, 3.05) is 33.3 Å². The van der Waals surface area contributed by atoms with Gasteiger partial charge in [0.25, 0.3) is 5.91 Å². The lowest BCUT2D eigenvalue weighted by molar-refractivity contribution is 0.0691. The molecule has 1 amide bonds. The third-order valence-corrected chi connectivity index (χ3v) is 4.68. The Morgan fingerprint density at radius 2 is 1.78 bits per heavy atom. The zero-order chi connectivity index (χ0) is 15.4. The van der Waals surface area contributed by atoms with E-state index in [1.54, 1.807) is 0 Å². The van der Waals surface area contributed by atoms with Crippen molar-refractivity contribution >= 4 is 18.3 Å². The SMILES string of the molecule is CNCC1CCN(C(=O)c2ccc(OCC3CC3)cc2)CC1.Cl. The van der Waals surface area contributed by atoms with Gasteiger partial charge in [-0.2, -0.15) is 0 Å². The van der Waals surface area contributed by atoms with Crippen molar-refractivity contribution in [1.29, 1.82) is 0 Å². The van der Waals surface area contributed by atoms with E-state index in [4.69, 9.17) is 4.74 Å². The number of piperidine rings is 1. The van der Waals surface area contributed by atoms with E-state index in [1.807, 2.05) is 36.2 Å². The van der Waals surface area contributed by atoms with Crippen molar-refractivity contribution in [1.82, 2.24) is 10.2 Å². The van der Waals surface area contributed by atoms with Gasteiger partial charge in [0.05, 0.1) is 6.61 Å². The molecule has 0 bridgehead atoms. The Morgan fingerprint density at radius 1 is 1.13 bits per heavy atom. The van der Waals surface area contributed by atoms with Gasteiger partial charge in [0, 0.05) is 18.7 Å². The van der Waals surface area contributed by atoms with Crippen molar-refractivity contribution in [2.45, 2.75) is 25.7 Å². The van der Waals surface area contributed by atoms with Crippen LogP contribution in [0.5, 0.6) is 5.75 Å². The number of likely N-dealkylation sites (tertiary alicyclic amines) is 1. The standard InChI is InChI=1S/C18H26N2O2.ClH/c1-19-12-14-8-10-20(11-9-14)18(21)16-4-6-17(7-5-16)22-13-15-2-3-15;/h4-7,14-15,19H,2-3,8-13H2,1H3;1H. The first-order chi connectivity index (χ1) is 10.8. The molecule has 23 heavy (non-hydrogen) atoms. The van der Waals surface area contributed by atoms with Crippen LogP contribution in [0, 0.1) is 11.8 Å². The maximum absolute atomic E-state index is 12.5. The van der Waals surface area contributed by atoms with Crippen LogP contribution in [0.1, 0.15) is 36.0 Å². The van der Waals surface area contributed by atoms with Gasteiger partial charge in [-0.05, 0) is 75.4 Å². The van der Waals surface area contributed by atoms with Crippen LogP contribution < -0.4 is 10.1 Å². The molecule has 1 saturated carbocycles. The average Bonchev–Trinajstić information content (AvgIpc) is 3.38. The summed E-state index contributed by atoms with van der Waals surface area (Å²) < 4.78 is 5.72. The number of carbonyl (C=O) groups excluding carboxylic acids is 1. The van der Waals surface area contributed by atoms with Crippen molar-refractivity contribution in [3.63, 3.8) is 0 Å². The summed E-state index contributed by atoms with van der Waals surface area (Å²) in [7, 11) is 1.99. The van der Waals surface area contributed by atoms with E-state index in [9.17, 15) is 4.79 Å². The van der Waals surface area contributed by atoms with Gasteiger partial charge in [-0.3, -0.25) is 4.79 Å². The molecular weight excluding hydrogens is 312 g/mol. The Morgan fingerprint density at radius 3 is 2.35 bits per heavy atom. The molecule has 2 fully saturated rings.